The number of aryl methyl sites for hydroxylation is 1. The highest BCUT2D eigenvalue weighted by Gasteiger charge is 2.20. The molecule has 1 aromatic heterocycles. The Bertz CT molecular complexity index is 410. The average molecular weight is 271 g/mol. The Balaban J connectivity index is 1.83. The van der Waals surface area contributed by atoms with Crippen molar-refractivity contribution in [3.8, 4) is 0 Å². The quantitative estimate of drug-likeness (QED) is 0.800. The van der Waals surface area contributed by atoms with Crippen molar-refractivity contribution in [2.75, 3.05) is 32.0 Å². The van der Waals surface area contributed by atoms with Crippen LogP contribution in [0, 0.1) is 0 Å². The van der Waals surface area contributed by atoms with E-state index in [4.69, 9.17) is 10.5 Å². The molecule has 6 nitrogen and oxygen atoms in total. The number of rotatable bonds is 3. The number of aromatic nitrogens is 1. The molecule has 0 radical (unpaired) electrons. The first kappa shape index (κ1) is 13.3. The molecular weight excluding hydrogens is 254 g/mol. The van der Waals surface area contributed by atoms with Gasteiger partial charge in [-0.3, -0.25) is 4.79 Å². The molecule has 1 aromatic rings. The Kier molecular flexibility index (Phi) is 4.51. The molecule has 1 amide bonds. The normalized spacial score (nSPS) is 20.7. The average Bonchev–Trinajstić information content (AvgIpc) is 2.63. The fourth-order valence-electron chi connectivity index (χ4n) is 1.85. The molecule has 0 saturated carbocycles. The van der Waals surface area contributed by atoms with Gasteiger partial charge < -0.3 is 20.5 Å². The minimum Gasteiger partial charge on any atom is -0.389 e. The maximum Gasteiger partial charge on any atom is 0.223 e. The first-order chi connectivity index (χ1) is 8.65. The van der Waals surface area contributed by atoms with Crippen LogP contribution in [-0.2, 0) is 16.0 Å². The van der Waals surface area contributed by atoms with Gasteiger partial charge in [0.1, 0.15) is 0 Å². The summed E-state index contributed by atoms with van der Waals surface area (Å²) < 4.78 is 5.18. The number of hydrogen-bond acceptors (Lipinski definition) is 6. The highest BCUT2D eigenvalue weighted by Crippen LogP contribution is 2.13. The van der Waals surface area contributed by atoms with E-state index in [1.165, 1.54) is 11.3 Å². The van der Waals surface area contributed by atoms with Crippen molar-refractivity contribution in [1.29, 1.82) is 0 Å². The van der Waals surface area contributed by atoms with E-state index in [0.29, 0.717) is 44.3 Å². The summed E-state index contributed by atoms with van der Waals surface area (Å²) in [5.41, 5.74) is 6.37. The van der Waals surface area contributed by atoms with E-state index in [2.05, 4.69) is 4.98 Å². The number of carbonyl (C=O) groups is 1. The van der Waals surface area contributed by atoms with E-state index in [0.717, 1.165) is 5.69 Å². The van der Waals surface area contributed by atoms with Crippen molar-refractivity contribution >= 4 is 22.4 Å². The molecule has 1 fully saturated rings. The predicted molar refractivity (Wildman–Crippen MR) is 68.3 cm³/mol. The van der Waals surface area contributed by atoms with Crippen LogP contribution in [0.3, 0.4) is 0 Å². The van der Waals surface area contributed by atoms with E-state index in [1.807, 2.05) is 5.38 Å². The van der Waals surface area contributed by atoms with Crippen molar-refractivity contribution in [2.45, 2.75) is 18.9 Å². The van der Waals surface area contributed by atoms with Crippen molar-refractivity contribution in [3.05, 3.63) is 11.1 Å². The largest absolute Gasteiger partial charge is 0.389 e. The van der Waals surface area contributed by atoms with E-state index >= 15 is 0 Å². The highest BCUT2D eigenvalue weighted by atomic mass is 32.1. The summed E-state index contributed by atoms with van der Waals surface area (Å²) in [6, 6.07) is 0. The molecule has 3 N–H and O–H groups in total. The summed E-state index contributed by atoms with van der Waals surface area (Å²) in [7, 11) is 0. The van der Waals surface area contributed by atoms with Crippen LogP contribution in [0.4, 0.5) is 5.13 Å². The van der Waals surface area contributed by atoms with Gasteiger partial charge in [-0.05, 0) is 6.42 Å². The zero-order valence-electron chi connectivity index (χ0n) is 10.0. The molecule has 1 atom stereocenters. The second-order valence-corrected chi connectivity index (χ2v) is 5.14. The SMILES string of the molecule is Nc1nc(CCC(=O)N2CCOC[C@@H](O)C2)cs1. The molecule has 2 heterocycles. The van der Waals surface area contributed by atoms with Gasteiger partial charge in [-0.2, -0.15) is 0 Å². The summed E-state index contributed by atoms with van der Waals surface area (Å²) in [6.07, 6.45) is 0.377. The Labute approximate surface area is 109 Å². The number of nitrogens with zero attached hydrogens (tertiary/aromatic N) is 2. The van der Waals surface area contributed by atoms with Gasteiger partial charge in [-0.15, -0.1) is 11.3 Å². The Morgan fingerprint density at radius 3 is 3.28 bits per heavy atom. The highest BCUT2D eigenvalue weighted by molar-refractivity contribution is 7.13. The molecule has 18 heavy (non-hydrogen) atoms. The molecule has 1 aliphatic rings. The number of aliphatic hydroxyl groups excluding tert-OH is 1. The molecule has 1 aliphatic heterocycles. The number of nitrogen functional groups attached to an aromatic ring is 1. The van der Waals surface area contributed by atoms with E-state index in [-0.39, 0.29) is 5.91 Å². The molecule has 0 unspecified atom stereocenters. The fraction of sp³-hybridized carbons (Fsp3) is 0.636. The molecule has 0 spiro atoms. The lowest BCUT2D eigenvalue weighted by atomic mass is 10.2. The Hall–Kier alpha value is -1.18. The van der Waals surface area contributed by atoms with Gasteiger partial charge in [0, 0.05) is 24.9 Å². The number of hydrogen-bond donors (Lipinski definition) is 2. The second kappa shape index (κ2) is 6.12. The van der Waals surface area contributed by atoms with Gasteiger partial charge in [0.25, 0.3) is 0 Å². The van der Waals surface area contributed by atoms with Crippen molar-refractivity contribution in [2.24, 2.45) is 0 Å². The number of nitrogens with two attached hydrogens (primary N) is 1. The summed E-state index contributed by atoms with van der Waals surface area (Å²) >= 11 is 1.38. The standard InChI is InChI=1S/C11H17N3O3S/c12-11-13-8(7-18-11)1-2-10(16)14-3-4-17-6-9(15)5-14/h7,9,15H,1-6H2,(H2,12,13)/t9-/m0/s1. The van der Waals surface area contributed by atoms with Crippen LogP contribution in [-0.4, -0.2) is 53.3 Å². The molecule has 0 aliphatic carbocycles. The van der Waals surface area contributed by atoms with Crippen molar-refractivity contribution < 1.29 is 14.6 Å². The first-order valence-electron chi connectivity index (χ1n) is 5.88. The topological polar surface area (TPSA) is 88.7 Å². The molecule has 0 aromatic carbocycles. The van der Waals surface area contributed by atoms with E-state index < -0.39 is 6.10 Å². The predicted octanol–water partition coefficient (Wildman–Crippen LogP) is -0.122. The summed E-state index contributed by atoms with van der Waals surface area (Å²) in [4.78, 5) is 17.7. The van der Waals surface area contributed by atoms with Gasteiger partial charge >= 0.3 is 0 Å². The lowest BCUT2D eigenvalue weighted by Gasteiger charge is -2.21. The van der Waals surface area contributed by atoms with Crippen LogP contribution in [0.15, 0.2) is 5.38 Å². The summed E-state index contributed by atoms with van der Waals surface area (Å²) in [5, 5.41) is 11.9. The number of β-amino-alcohol motifs (C(OH)–C–C–N with tert-alkyl or cyclic N) is 1. The van der Waals surface area contributed by atoms with Crippen LogP contribution < -0.4 is 5.73 Å². The van der Waals surface area contributed by atoms with Crippen molar-refractivity contribution in [1.82, 2.24) is 9.88 Å². The van der Waals surface area contributed by atoms with Crippen molar-refractivity contribution in [3.63, 3.8) is 0 Å². The maximum atomic E-state index is 12.0. The van der Waals surface area contributed by atoms with Crippen LogP contribution in [0.5, 0.6) is 0 Å². The monoisotopic (exact) mass is 271 g/mol. The first-order valence-corrected chi connectivity index (χ1v) is 6.76. The summed E-state index contributed by atoms with van der Waals surface area (Å²) in [5.74, 6) is 0.0196. The number of aliphatic hydroxyl groups is 1. The van der Waals surface area contributed by atoms with Gasteiger partial charge in [0.2, 0.25) is 5.91 Å². The smallest absolute Gasteiger partial charge is 0.223 e. The molecule has 2 rings (SSSR count). The maximum absolute atomic E-state index is 12.0. The third-order valence-electron chi connectivity index (χ3n) is 2.76. The van der Waals surface area contributed by atoms with Gasteiger partial charge in [0.15, 0.2) is 5.13 Å². The molecule has 7 heteroatoms. The van der Waals surface area contributed by atoms with E-state index in [9.17, 15) is 9.90 Å². The van der Waals surface area contributed by atoms with Crippen LogP contribution in [0.1, 0.15) is 12.1 Å². The van der Waals surface area contributed by atoms with Crippen LogP contribution in [0.25, 0.3) is 0 Å². The van der Waals surface area contributed by atoms with Gasteiger partial charge in [-0.25, -0.2) is 4.98 Å². The molecule has 100 valence electrons. The number of anilines is 1. The summed E-state index contributed by atoms with van der Waals surface area (Å²) in [6.45, 7) is 1.66. The van der Waals surface area contributed by atoms with Crippen LogP contribution >= 0.6 is 11.3 Å². The number of carbonyl (C=O) groups excluding carboxylic acids is 1. The second-order valence-electron chi connectivity index (χ2n) is 4.25. The minimum atomic E-state index is -0.591. The van der Waals surface area contributed by atoms with E-state index in [1.54, 1.807) is 4.90 Å². The third-order valence-corrected chi connectivity index (χ3v) is 3.49. The van der Waals surface area contributed by atoms with Gasteiger partial charge in [-0.1, -0.05) is 0 Å². The Morgan fingerprint density at radius 2 is 2.56 bits per heavy atom. The number of thiazole rings is 1. The van der Waals surface area contributed by atoms with Crippen LogP contribution in [0.2, 0.25) is 0 Å². The zero-order chi connectivity index (χ0) is 13.0. The third kappa shape index (κ3) is 3.66. The van der Waals surface area contributed by atoms with Gasteiger partial charge in [0.05, 0.1) is 25.0 Å². The Morgan fingerprint density at radius 1 is 1.72 bits per heavy atom. The molecule has 0 bridgehead atoms. The fourth-order valence-corrected chi connectivity index (χ4v) is 2.45. The zero-order valence-corrected chi connectivity index (χ0v) is 10.9. The minimum absolute atomic E-state index is 0.0196. The molecule has 1 saturated heterocycles. The lowest BCUT2D eigenvalue weighted by molar-refractivity contribution is -0.132. The molecular formula is C11H17N3O3S. The lowest BCUT2D eigenvalue weighted by Crippen LogP contribution is -2.37. The number of ether oxygens (including phenoxy) is 1. The number of amides is 1.